The van der Waals surface area contributed by atoms with E-state index in [-0.39, 0.29) is 12.5 Å². The fourth-order valence-corrected chi connectivity index (χ4v) is 3.50. The van der Waals surface area contributed by atoms with Crippen LogP contribution in [0.1, 0.15) is 12.8 Å². The Bertz CT molecular complexity index is 496. The first-order valence-electron chi connectivity index (χ1n) is 6.22. The molecule has 0 atom stereocenters. The van der Waals surface area contributed by atoms with Crippen molar-refractivity contribution < 1.29 is 9.53 Å². The molecule has 3 N–H and O–H groups in total. The first-order valence-corrected chi connectivity index (χ1v) is 7.77. The second kappa shape index (κ2) is 6.62. The molecule has 1 fully saturated rings. The second-order valence-electron chi connectivity index (χ2n) is 4.80. The number of hydrogen-bond donors (Lipinski definition) is 2. The number of benzene rings is 1. The van der Waals surface area contributed by atoms with Crippen molar-refractivity contribution in [3.05, 3.63) is 26.7 Å². The summed E-state index contributed by atoms with van der Waals surface area (Å²) in [5, 5.41) is 3.58. The Morgan fingerprint density at radius 2 is 1.90 bits per heavy atom. The number of nitrogens with two attached hydrogens (primary N) is 1. The minimum absolute atomic E-state index is 0.158. The largest absolute Gasteiger partial charge is 0.381 e. The smallest absolute Gasteiger partial charge is 0.232 e. The van der Waals surface area contributed by atoms with Gasteiger partial charge in [-0.15, -0.1) is 0 Å². The molecule has 0 saturated carbocycles. The lowest BCUT2D eigenvalue weighted by molar-refractivity contribution is -0.130. The summed E-state index contributed by atoms with van der Waals surface area (Å²) in [6.45, 7) is 1.34. The van der Waals surface area contributed by atoms with Crippen LogP contribution in [0.25, 0.3) is 0 Å². The van der Waals surface area contributed by atoms with Crippen LogP contribution in [-0.4, -0.2) is 25.7 Å². The number of ether oxygens (including phenoxy) is 1. The van der Waals surface area contributed by atoms with Crippen LogP contribution in [0.3, 0.4) is 0 Å². The van der Waals surface area contributed by atoms with E-state index in [1.807, 2.05) is 0 Å². The molecule has 110 valence electrons. The Morgan fingerprint density at radius 3 is 2.40 bits per heavy atom. The first-order chi connectivity index (χ1) is 9.48. The van der Waals surface area contributed by atoms with Gasteiger partial charge in [0.1, 0.15) is 0 Å². The summed E-state index contributed by atoms with van der Waals surface area (Å²) >= 11 is 15.5. The zero-order valence-electron chi connectivity index (χ0n) is 10.7. The van der Waals surface area contributed by atoms with Gasteiger partial charge in [-0.2, -0.15) is 0 Å². The third-order valence-corrected chi connectivity index (χ3v) is 4.62. The van der Waals surface area contributed by atoms with Crippen molar-refractivity contribution in [3.63, 3.8) is 0 Å². The van der Waals surface area contributed by atoms with E-state index < -0.39 is 5.41 Å². The highest BCUT2D eigenvalue weighted by molar-refractivity contribution is 9.10. The molecule has 4 nitrogen and oxygen atoms in total. The molecule has 2 rings (SSSR count). The lowest BCUT2D eigenvalue weighted by Crippen LogP contribution is -2.46. The molecule has 0 radical (unpaired) electrons. The molecule has 1 saturated heterocycles. The van der Waals surface area contributed by atoms with Crippen LogP contribution in [-0.2, 0) is 9.53 Å². The zero-order valence-corrected chi connectivity index (χ0v) is 13.8. The standard InChI is InChI=1S/C13H15BrCl2N2O2/c14-8-5-9(15)11(10(16)6-8)18-12(19)13(7-17)1-3-20-4-2-13/h5-6H,1-4,7,17H2,(H,18,19). The Morgan fingerprint density at radius 1 is 1.35 bits per heavy atom. The maximum Gasteiger partial charge on any atom is 0.232 e. The summed E-state index contributed by atoms with van der Waals surface area (Å²) in [6, 6.07) is 3.37. The van der Waals surface area contributed by atoms with Crippen LogP contribution in [0.5, 0.6) is 0 Å². The van der Waals surface area contributed by atoms with Gasteiger partial charge in [0, 0.05) is 24.2 Å². The van der Waals surface area contributed by atoms with E-state index in [1.54, 1.807) is 12.1 Å². The fourth-order valence-electron chi connectivity index (χ4n) is 2.19. The zero-order chi connectivity index (χ0) is 14.8. The summed E-state index contributed by atoms with van der Waals surface area (Å²) < 4.78 is 6.05. The molecule has 1 aliphatic heterocycles. The van der Waals surface area contributed by atoms with Gasteiger partial charge in [0.2, 0.25) is 5.91 Å². The van der Waals surface area contributed by atoms with E-state index in [0.717, 1.165) is 4.47 Å². The second-order valence-corrected chi connectivity index (χ2v) is 6.53. The van der Waals surface area contributed by atoms with Gasteiger partial charge in [-0.05, 0) is 25.0 Å². The van der Waals surface area contributed by atoms with Crippen LogP contribution in [0.15, 0.2) is 16.6 Å². The molecule has 0 aliphatic carbocycles. The lowest BCUT2D eigenvalue weighted by atomic mass is 9.79. The van der Waals surface area contributed by atoms with E-state index in [2.05, 4.69) is 21.2 Å². The van der Waals surface area contributed by atoms with Gasteiger partial charge in [0.05, 0.1) is 21.1 Å². The molecule has 1 heterocycles. The molecule has 0 bridgehead atoms. The third-order valence-electron chi connectivity index (χ3n) is 3.57. The molecule has 1 aromatic rings. The van der Waals surface area contributed by atoms with Gasteiger partial charge in [0.15, 0.2) is 0 Å². The molecule has 1 aliphatic rings. The van der Waals surface area contributed by atoms with E-state index in [1.165, 1.54) is 0 Å². The number of amides is 1. The summed E-state index contributed by atoms with van der Waals surface area (Å²) in [5.41, 5.74) is 5.61. The fraction of sp³-hybridized carbons (Fsp3) is 0.462. The van der Waals surface area contributed by atoms with Gasteiger partial charge in [-0.25, -0.2) is 0 Å². The number of carbonyl (C=O) groups excluding carboxylic acids is 1. The van der Waals surface area contributed by atoms with Crippen molar-refractivity contribution >= 4 is 50.7 Å². The van der Waals surface area contributed by atoms with E-state index in [4.69, 9.17) is 33.7 Å². The minimum Gasteiger partial charge on any atom is -0.381 e. The molecular formula is C13H15BrCl2N2O2. The first kappa shape index (κ1) is 16.0. The van der Waals surface area contributed by atoms with Crippen molar-refractivity contribution in [2.45, 2.75) is 12.8 Å². The van der Waals surface area contributed by atoms with Crippen molar-refractivity contribution in [1.29, 1.82) is 0 Å². The number of rotatable bonds is 3. The maximum absolute atomic E-state index is 12.5. The van der Waals surface area contributed by atoms with E-state index in [0.29, 0.717) is 41.8 Å². The summed E-state index contributed by atoms with van der Waals surface area (Å²) in [7, 11) is 0. The highest BCUT2D eigenvalue weighted by Crippen LogP contribution is 2.37. The lowest BCUT2D eigenvalue weighted by Gasteiger charge is -2.34. The average molecular weight is 382 g/mol. The monoisotopic (exact) mass is 380 g/mol. The van der Waals surface area contributed by atoms with Crippen molar-refractivity contribution in [2.24, 2.45) is 11.1 Å². The number of anilines is 1. The van der Waals surface area contributed by atoms with Crippen molar-refractivity contribution in [3.8, 4) is 0 Å². The highest BCUT2D eigenvalue weighted by Gasteiger charge is 2.39. The third kappa shape index (κ3) is 3.28. The van der Waals surface area contributed by atoms with Crippen molar-refractivity contribution in [2.75, 3.05) is 25.1 Å². The maximum atomic E-state index is 12.5. The normalized spacial score (nSPS) is 17.8. The summed E-state index contributed by atoms with van der Waals surface area (Å²) in [4.78, 5) is 12.5. The van der Waals surface area contributed by atoms with Crippen LogP contribution in [0, 0.1) is 5.41 Å². The molecular weight excluding hydrogens is 367 g/mol. The predicted octanol–water partition coefficient (Wildman–Crippen LogP) is 3.45. The molecule has 1 amide bonds. The van der Waals surface area contributed by atoms with Crippen LogP contribution in [0.2, 0.25) is 10.0 Å². The molecule has 20 heavy (non-hydrogen) atoms. The molecule has 0 unspecified atom stereocenters. The molecule has 1 aromatic carbocycles. The average Bonchev–Trinajstić information content (AvgIpc) is 2.43. The molecule has 0 aromatic heterocycles. The summed E-state index contributed by atoms with van der Waals surface area (Å²) in [5.74, 6) is -0.158. The topological polar surface area (TPSA) is 64.4 Å². The quantitative estimate of drug-likeness (QED) is 0.842. The van der Waals surface area contributed by atoms with Gasteiger partial charge in [0.25, 0.3) is 0 Å². The molecule has 0 spiro atoms. The van der Waals surface area contributed by atoms with Gasteiger partial charge in [-0.3, -0.25) is 4.79 Å². The number of carbonyl (C=O) groups is 1. The number of hydrogen-bond acceptors (Lipinski definition) is 3. The minimum atomic E-state index is -0.613. The summed E-state index contributed by atoms with van der Waals surface area (Å²) in [6.07, 6.45) is 1.20. The number of nitrogens with one attached hydrogen (secondary N) is 1. The number of halogens is 3. The SMILES string of the molecule is NCC1(C(=O)Nc2c(Cl)cc(Br)cc2Cl)CCOCC1. The van der Waals surface area contributed by atoms with Gasteiger partial charge >= 0.3 is 0 Å². The Balaban J connectivity index is 2.23. The van der Waals surface area contributed by atoms with Gasteiger partial charge < -0.3 is 15.8 Å². The van der Waals surface area contributed by atoms with E-state index in [9.17, 15) is 4.79 Å². The Hall–Kier alpha value is -0.330. The predicted molar refractivity (Wildman–Crippen MR) is 84.3 cm³/mol. The van der Waals surface area contributed by atoms with E-state index >= 15 is 0 Å². The van der Waals surface area contributed by atoms with Crippen molar-refractivity contribution in [1.82, 2.24) is 0 Å². The van der Waals surface area contributed by atoms with Crippen LogP contribution < -0.4 is 11.1 Å². The Labute approximate surface area is 136 Å². The van der Waals surface area contributed by atoms with Crippen LogP contribution in [0.4, 0.5) is 5.69 Å². The molecule has 7 heteroatoms. The highest BCUT2D eigenvalue weighted by atomic mass is 79.9. The van der Waals surface area contributed by atoms with Gasteiger partial charge in [-0.1, -0.05) is 39.1 Å². The Kier molecular flexibility index (Phi) is 5.31. The van der Waals surface area contributed by atoms with Crippen LogP contribution >= 0.6 is 39.1 Å².